The third-order valence-corrected chi connectivity index (χ3v) is 4.47. The van der Waals surface area contributed by atoms with Gasteiger partial charge < -0.3 is 10.1 Å². The quantitative estimate of drug-likeness (QED) is 0.676. The molecule has 0 aliphatic carbocycles. The lowest BCUT2D eigenvalue weighted by atomic mass is 10.0. The standard InChI is InChI=1S/C22H25N3O2/c1-4-19(18-8-6-5-7-9-18)23-22(26)20-12-13-25(24-20)15-27-21-11-10-16(2)14-17(21)3/h5-14,19H,4,15H2,1-3H3,(H,23,26). The molecule has 0 fully saturated rings. The molecule has 1 heterocycles. The van der Waals surface area contributed by atoms with Crippen LogP contribution in [-0.4, -0.2) is 15.7 Å². The van der Waals surface area contributed by atoms with Crippen molar-refractivity contribution in [2.45, 2.75) is 40.0 Å². The van der Waals surface area contributed by atoms with Crippen LogP contribution in [0, 0.1) is 13.8 Å². The Hall–Kier alpha value is -3.08. The van der Waals surface area contributed by atoms with Crippen molar-refractivity contribution in [2.24, 2.45) is 0 Å². The molecule has 0 bridgehead atoms. The smallest absolute Gasteiger partial charge is 0.272 e. The van der Waals surface area contributed by atoms with Crippen LogP contribution >= 0.6 is 0 Å². The predicted octanol–water partition coefficient (Wildman–Crippen LogP) is 4.42. The second-order valence-corrected chi connectivity index (χ2v) is 6.63. The normalized spacial score (nSPS) is 11.8. The summed E-state index contributed by atoms with van der Waals surface area (Å²) in [4.78, 5) is 12.5. The molecule has 140 valence electrons. The molecule has 0 spiro atoms. The summed E-state index contributed by atoms with van der Waals surface area (Å²) in [6.07, 6.45) is 2.56. The highest BCUT2D eigenvalue weighted by molar-refractivity contribution is 5.92. The summed E-state index contributed by atoms with van der Waals surface area (Å²) in [6.45, 7) is 6.37. The molecule has 5 nitrogen and oxygen atoms in total. The maximum absolute atomic E-state index is 12.5. The van der Waals surface area contributed by atoms with E-state index in [9.17, 15) is 4.79 Å². The van der Waals surface area contributed by atoms with Crippen LogP contribution in [0.1, 0.15) is 46.6 Å². The zero-order valence-corrected chi connectivity index (χ0v) is 16.0. The SMILES string of the molecule is CCC(NC(=O)c1ccn(COc2ccc(C)cc2C)n1)c1ccccc1. The number of hydrogen-bond donors (Lipinski definition) is 1. The van der Waals surface area contributed by atoms with Crippen LogP contribution in [0.15, 0.2) is 60.8 Å². The summed E-state index contributed by atoms with van der Waals surface area (Å²) in [7, 11) is 0. The van der Waals surface area contributed by atoms with Gasteiger partial charge in [0.15, 0.2) is 6.73 Å². The van der Waals surface area contributed by atoms with Gasteiger partial charge in [0.1, 0.15) is 11.4 Å². The van der Waals surface area contributed by atoms with Crippen LogP contribution in [-0.2, 0) is 6.73 Å². The number of ether oxygens (including phenoxy) is 1. The molecule has 3 aromatic rings. The number of hydrogen-bond acceptors (Lipinski definition) is 3. The summed E-state index contributed by atoms with van der Waals surface area (Å²) < 4.78 is 7.43. The van der Waals surface area contributed by atoms with Gasteiger partial charge in [0.05, 0.1) is 6.04 Å². The molecule has 0 radical (unpaired) electrons. The number of nitrogens with one attached hydrogen (secondary N) is 1. The highest BCUT2D eigenvalue weighted by Gasteiger charge is 2.16. The monoisotopic (exact) mass is 363 g/mol. The molecule has 2 aromatic carbocycles. The first-order valence-electron chi connectivity index (χ1n) is 9.16. The fraction of sp³-hybridized carbons (Fsp3) is 0.273. The van der Waals surface area contributed by atoms with Gasteiger partial charge in [0, 0.05) is 6.20 Å². The number of benzene rings is 2. The van der Waals surface area contributed by atoms with Crippen LogP contribution in [0.25, 0.3) is 0 Å². The van der Waals surface area contributed by atoms with E-state index in [-0.39, 0.29) is 18.7 Å². The zero-order chi connectivity index (χ0) is 19.2. The minimum absolute atomic E-state index is 0.0321. The lowest BCUT2D eigenvalue weighted by Crippen LogP contribution is -2.28. The molecule has 0 saturated carbocycles. The average Bonchev–Trinajstić information content (AvgIpc) is 3.15. The number of rotatable bonds is 7. The van der Waals surface area contributed by atoms with Crippen molar-refractivity contribution >= 4 is 5.91 Å². The maximum Gasteiger partial charge on any atom is 0.272 e. The van der Waals surface area contributed by atoms with E-state index in [0.29, 0.717) is 5.69 Å². The molecule has 0 aliphatic heterocycles. The molecule has 1 amide bonds. The van der Waals surface area contributed by atoms with Gasteiger partial charge in [-0.25, -0.2) is 4.68 Å². The molecule has 0 aliphatic rings. The number of nitrogens with zero attached hydrogens (tertiary/aromatic N) is 2. The Kier molecular flexibility index (Phi) is 5.91. The molecule has 3 rings (SSSR count). The summed E-state index contributed by atoms with van der Waals surface area (Å²) >= 11 is 0. The van der Waals surface area contributed by atoms with Crippen molar-refractivity contribution in [3.8, 4) is 5.75 Å². The van der Waals surface area contributed by atoms with Gasteiger partial charge in [-0.1, -0.05) is 55.0 Å². The molecule has 1 N–H and O–H groups in total. The summed E-state index contributed by atoms with van der Waals surface area (Å²) in [5.74, 6) is 0.633. The van der Waals surface area contributed by atoms with Crippen LogP contribution in [0.5, 0.6) is 5.75 Å². The van der Waals surface area contributed by atoms with Gasteiger partial charge in [-0.05, 0) is 43.5 Å². The topological polar surface area (TPSA) is 56.2 Å². The minimum Gasteiger partial charge on any atom is -0.471 e. The van der Waals surface area contributed by atoms with Crippen molar-refractivity contribution < 1.29 is 9.53 Å². The fourth-order valence-electron chi connectivity index (χ4n) is 2.99. The number of amides is 1. The lowest BCUT2D eigenvalue weighted by molar-refractivity contribution is 0.0928. The van der Waals surface area contributed by atoms with Crippen molar-refractivity contribution in [1.82, 2.24) is 15.1 Å². The minimum atomic E-state index is -0.184. The van der Waals surface area contributed by atoms with Gasteiger partial charge in [-0.15, -0.1) is 0 Å². The van der Waals surface area contributed by atoms with E-state index in [0.717, 1.165) is 23.3 Å². The van der Waals surface area contributed by atoms with Gasteiger partial charge in [-0.2, -0.15) is 5.10 Å². The van der Waals surface area contributed by atoms with Crippen LogP contribution in [0.3, 0.4) is 0 Å². The van der Waals surface area contributed by atoms with Crippen molar-refractivity contribution in [2.75, 3.05) is 0 Å². The van der Waals surface area contributed by atoms with Crippen molar-refractivity contribution in [1.29, 1.82) is 0 Å². The van der Waals surface area contributed by atoms with Crippen molar-refractivity contribution in [3.63, 3.8) is 0 Å². The lowest BCUT2D eigenvalue weighted by Gasteiger charge is -2.16. The molecule has 27 heavy (non-hydrogen) atoms. The van der Waals surface area contributed by atoms with Gasteiger partial charge in [-0.3, -0.25) is 4.79 Å². The maximum atomic E-state index is 12.5. The Bertz CT molecular complexity index is 903. The first-order chi connectivity index (χ1) is 13.1. The van der Waals surface area contributed by atoms with Crippen molar-refractivity contribution in [3.05, 3.63) is 83.2 Å². The third-order valence-electron chi connectivity index (χ3n) is 4.47. The highest BCUT2D eigenvalue weighted by atomic mass is 16.5. The van der Waals surface area contributed by atoms with Gasteiger partial charge >= 0.3 is 0 Å². The fourth-order valence-corrected chi connectivity index (χ4v) is 2.99. The molecule has 0 saturated heterocycles. The van der Waals surface area contributed by atoms with E-state index in [2.05, 4.69) is 16.5 Å². The molecular formula is C22H25N3O2. The Balaban J connectivity index is 1.61. The molecule has 1 atom stereocenters. The van der Waals surface area contributed by atoms with E-state index in [4.69, 9.17) is 4.74 Å². The molecule has 5 heteroatoms. The zero-order valence-electron chi connectivity index (χ0n) is 16.0. The summed E-state index contributed by atoms with van der Waals surface area (Å²) in [6, 6.07) is 17.7. The van der Waals surface area contributed by atoms with E-state index in [1.807, 2.05) is 63.2 Å². The highest BCUT2D eigenvalue weighted by Crippen LogP contribution is 2.19. The first kappa shape index (κ1) is 18.7. The molecular weight excluding hydrogens is 338 g/mol. The van der Waals surface area contributed by atoms with E-state index in [1.165, 1.54) is 5.56 Å². The average molecular weight is 363 g/mol. The number of aromatic nitrogens is 2. The predicted molar refractivity (Wildman–Crippen MR) is 106 cm³/mol. The Labute approximate surface area is 160 Å². The van der Waals surface area contributed by atoms with Crippen LogP contribution in [0.2, 0.25) is 0 Å². The Morgan fingerprint density at radius 1 is 1.15 bits per heavy atom. The second kappa shape index (κ2) is 8.54. The third kappa shape index (κ3) is 4.76. The van der Waals surface area contributed by atoms with E-state index >= 15 is 0 Å². The van der Waals surface area contributed by atoms with Crippen LogP contribution in [0.4, 0.5) is 0 Å². The van der Waals surface area contributed by atoms with E-state index in [1.54, 1.807) is 16.9 Å². The first-order valence-corrected chi connectivity index (χ1v) is 9.16. The number of aryl methyl sites for hydroxylation is 2. The molecule has 1 unspecified atom stereocenters. The largest absolute Gasteiger partial charge is 0.471 e. The van der Waals surface area contributed by atoms with E-state index < -0.39 is 0 Å². The van der Waals surface area contributed by atoms with Gasteiger partial charge in [0.2, 0.25) is 0 Å². The second-order valence-electron chi connectivity index (χ2n) is 6.63. The van der Waals surface area contributed by atoms with Gasteiger partial charge in [0.25, 0.3) is 5.91 Å². The summed E-state index contributed by atoms with van der Waals surface area (Å²) in [5.41, 5.74) is 3.75. The van der Waals surface area contributed by atoms with Crippen LogP contribution < -0.4 is 10.1 Å². The Morgan fingerprint density at radius 2 is 1.93 bits per heavy atom. The number of carbonyl (C=O) groups is 1. The summed E-state index contributed by atoms with van der Waals surface area (Å²) in [5, 5.41) is 7.38. The molecule has 1 aromatic heterocycles. The number of carbonyl (C=O) groups excluding carboxylic acids is 1. The Morgan fingerprint density at radius 3 is 2.63 bits per heavy atom.